The summed E-state index contributed by atoms with van der Waals surface area (Å²) in [6.45, 7) is 5.94. The molecule has 7 nitrogen and oxygen atoms in total. The number of nitrogens with zero attached hydrogens (tertiary/aromatic N) is 2. The van der Waals surface area contributed by atoms with Gasteiger partial charge in [-0.05, 0) is 48.6 Å². The summed E-state index contributed by atoms with van der Waals surface area (Å²) in [5.74, 6) is 0.661. The van der Waals surface area contributed by atoms with Crippen LogP contribution in [0.1, 0.15) is 25.3 Å². The molecule has 1 saturated heterocycles. The number of carbonyl (C=O) groups is 2. The van der Waals surface area contributed by atoms with Crippen LogP contribution in [0.5, 0.6) is 5.75 Å². The minimum atomic E-state index is -0.460. The molecule has 7 heteroatoms. The molecule has 33 heavy (non-hydrogen) atoms. The van der Waals surface area contributed by atoms with Gasteiger partial charge in [-0.15, -0.1) is 0 Å². The van der Waals surface area contributed by atoms with E-state index in [4.69, 9.17) is 4.74 Å². The van der Waals surface area contributed by atoms with Gasteiger partial charge in [0.25, 0.3) is 0 Å². The molecule has 1 aromatic heterocycles. The lowest BCUT2D eigenvalue weighted by molar-refractivity contribution is -0.134. The van der Waals surface area contributed by atoms with Gasteiger partial charge >= 0.3 is 0 Å². The van der Waals surface area contributed by atoms with Crippen LogP contribution < -0.4 is 15.4 Å². The third kappa shape index (κ3) is 5.93. The fraction of sp³-hybridized carbons (Fsp3) is 0.385. The van der Waals surface area contributed by atoms with Gasteiger partial charge in [0.05, 0.1) is 19.1 Å². The normalized spacial score (nSPS) is 16.5. The summed E-state index contributed by atoms with van der Waals surface area (Å²) >= 11 is 0. The maximum atomic E-state index is 12.6. The number of ether oxygens (including phenoxy) is 1. The number of amides is 2. The summed E-state index contributed by atoms with van der Waals surface area (Å²) in [6, 6.07) is 17.8. The van der Waals surface area contributed by atoms with Crippen molar-refractivity contribution < 1.29 is 14.3 Å². The average Bonchev–Trinajstić information content (AvgIpc) is 3.24. The summed E-state index contributed by atoms with van der Waals surface area (Å²) in [5, 5.41) is 7.11. The average molecular weight is 449 g/mol. The van der Waals surface area contributed by atoms with E-state index in [0.29, 0.717) is 26.2 Å². The SMILES string of the molecule is CCOc1ccc(CN2CCNC(=O)[C@H]2CC(=O)NCCCn2ccc3ccccc32)cc1. The second kappa shape index (κ2) is 11.0. The van der Waals surface area contributed by atoms with Crippen molar-refractivity contribution in [3.05, 3.63) is 66.4 Å². The van der Waals surface area contributed by atoms with Crippen LogP contribution in [0.2, 0.25) is 0 Å². The van der Waals surface area contributed by atoms with E-state index >= 15 is 0 Å². The van der Waals surface area contributed by atoms with Crippen molar-refractivity contribution in [1.29, 1.82) is 0 Å². The molecule has 2 heterocycles. The van der Waals surface area contributed by atoms with E-state index in [0.717, 1.165) is 30.8 Å². The second-order valence-corrected chi connectivity index (χ2v) is 8.33. The van der Waals surface area contributed by atoms with Crippen LogP contribution in [-0.4, -0.2) is 53.6 Å². The van der Waals surface area contributed by atoms with Crippen LogP contribution in [0.15, 0.2) is 60.8 Å². The Kier molecular flexibility index (Phi) is 7.62. The summed E-state index contributed by atoms with van der Waals surface area (Å²) in [6.07, 6.45) is 3.07. The van der Waals surface area contributed by atoms with Crippen LogP contribution in [-0.2, 0) is 22.7 Å². The first kappa shape index (κ1) is 22.9. The number of carbonyl (C=O) groups excluding carboxylic acids is 2. The van der Waals surface area contributed by atoms with Crippen LogP contribution >= 0.6 is 0 Å². The highest BCUT2D eigenvalue weighted by Crippen LogP contribution is 2.18. The Morgan fingerprint density at radius 1 is 1.15 bits per heavy atom. The predicted octanol–water partition coefficient (Wildman–Crippen LogP) is 2.94. The van der Waals surface area contributed by atoms with Gasteiger partial charge in [0.15, 0.2) is 0 Å². The highest BCUT2D eigenvalue weighted by atomic mass is 16.5. The Balaban J connectivity index is 1.27. The topological polar surface area (TPSA) is 75.6 Å². The molecule has 0 radical (unpaired) electrons. The minimum Gasteiger partial charge on any atom is -0.494 e. The van der Waals surface area contributed by atoms with Crippen molar-refractivity contribution in [3.8, 4) is 5.75 Å². The lowest BCUT2D eigenvalue weighted by Crippen LogP contribution is -2.56. The monoisotopic (exact) mass is 448 g/mol. The number of para-hydroxylation sites is 1. The van der Waals surface area contributed by atoms with Crippen LogP contribution in [0.25, 0.3) is 10.9 Å². The molecule has 2 aromatic carbocycles. The number of aromatic nitrogens is 1. The molecule has 0 spiro atoms. The van der Waals surface area contributed by atoms with E-state index in [-0.39, 0.29) is 18.2 Å². The van der Waals surface area contributed by atoms with Gasteiger partial charge in [0, 0.05) is 44.4 Å². The third-order valence-electron chi connectivity index (χ3n) is 6.02. The van der Waals surface area contributed by atoms with Gasteiger partial charge in [-0.3, -0.25) is 14.5 Å². The molecule has 1 aliphatic heterocycles. The fourth-order valence-corrected chi connectivity index (χ4v) is 4.33. The first-order valence-electron chi connectivity index (χ1n) is 11.7. The Morgan fingerprint density at radius 2 is 1.97 bits per heavy atom. The Morgan fingerprint density at radius 3 is 2.79 bits per heavy atom. The zero-order valence-electron chi connectivity index (χ0n) is 19.1. The van der Waals surface area contributed by atoms with Crippen LogP contribution in [0.3, 0.4) is 0 Å². The van der Waals surface area contributed by atoms with Crippen LogP contribution in [0, 0.1) is 0 Å². The third-order valence-corrected chi connectivity index (χ3v) is 6.02. The second-order valence-electron chi connectivity index (χ2n) is 8.33. The van der Waals surface area contributed by atoms with E-state index < -0.39 is 6.04 Å². The molecule has 0 aliphatic carbocycles. The van der Waals surface area contributed by atoms with Crippen molar-refractivity contribution in [2.45, 2.75) is 38.9 Å². The van der Waals surface area contributed by atoms with Gasteiger partial charge in [0.2, 0.25) is 11.8 Å². The number of rotatable bonds is 10. The molecule has 4 rings (SSSR count). The molecule has 0 saturated carbocycles. The Labute approximate surface area is 194 Å². The molecule has 2 amide bonds. The summed E-state index contributed by atoms with van der Waals surface area (Å²) in [7, 11) is 0. The van der Waals surface area contributed by atoms with E-state index in [1.807, 2.05) is 43.3 Å². The first-order chi connectivity index (χ1) is 16.1. The van der Waals surface area contributed by atoms with Crippen molar-refractivity contribution in [2.75, 3.05) is 26.2 Å². The lowest BCUT2D eigenvalue weighted by Gasteiger charge is -2.34. The number of benzene rings is 2. The van der Waals surface area contributed by atoms with Crippen molar-refractivity contribution in [3.63, 3.8) is 0 Å². The van der Waals surface area contributed by atoms with E-state index in [1.54, 1.807) is 0 Å². The van der Waals surface area contributed by atoms with Gasteiger partial charge in [-0.1, -0.05) is 30.3 Å². The first-order valence-corrected chi connectivity index (χ1v) is 11.7. The Hall–Kier alpha value is -3.32. The molecule has 1 aliphatic rings. The van der Waals surface area contributed by atoms with E-state index in [9.17, 15) is 9.59 Å². The standard InChI is InChI=1S/C26H32N4O3/c1-2-33-22-10-8-20(9-11-22)19-30-17-14-28-26(32)24(30)18-25(31)27-13-5-15-29-16-12-21-6-3-4-7-23(21)29/h3-4,6-12,16,24H,2,5,13-15,17-19H2,1H3,(H,27,31)(H,28,32)/t24-/m1/s1. The van der Waals surface area contributed by atoms with Crippen molar-refractivity contribution in [2.24, 2.45) is 0 Å². The number of hydrogen-bond donors (Lipinski definition) is 2. The molecule has 1 atom stereocenters. The summed E-state index contributed by atoms with van der Waals surface area (Å²) in [5.41, 5.74) is 2.30. The molecule has 1 fully saturated rings. The maximum Gasteiger partial charge on any atom is 0.237 e. The summed E-state index contributed by atoms with van der Waals surface area (Å²) < 4.78 is 7.70. The number of hydrogen-bond acceptors (Lipinski definition) is 4. The smallest absolute Gasteiger partial charge is 0.237 e. The predicted molar refractivity (Wildman–Crippen MR) is 129 cm³/mol. The molecule has 3 aromatic rings. The molecule has 2 N–H and O–H groups in total. The quantitative estimate of drug-likeness (QED) is 0.468. The number of fused-ring (bicyclic) bond motifs is 1. The van der Waals surface area contributed by atoms with Gasteiger partial charge in [-0.25, -0.2) is 0 Å². The Bertz CT molecular complexity index is 1080. The van der Waals surface area contributed by atoms with Crippen molar-refractivity contribution >= 4 is 22.7 Å². The zero-order chi connectivity index (χ0) is 23.0. The van der Waals surface area contributed by atoms with Gasteiger partial charge in [-0.2, -0.15) is 0 Å². The molecular formula is C26H32N4O3. The molecular weight excluding hydrogens is 416 g/mol. The highest BCUT2D eigenvalue weighted by molar-refractivity contribution is 5.88. The highest BCUT2D eigenvalue weighted by Gasteiger charge is 2.31. The van der Waals surface area contributed by atoms with Gasteiger partial charge in [0.1, 0.15) is 5.75 Å². The number of piperazine rings is 1. The van der Waals surface area contributed by atoms with Gasteiger partial charge < -0.3 is 19.9 Å². The lowest BCUT2D eigenvalue weighted by atomic mass is 10.1. The van der Waals surface area contributed by atoms with E-state index in [2.05, 4.69) is 44.5 Å². The number of aryl methyl sites for hydroxylation is 1. The zero-order valence-corrected chi connectivity index (χ0v) is 19.1. The minimum absolute atomic E-state index is 0.0823. The van der Waals surface area contributed by atoms with E-state index in [1.165, 1.54) is 10.9 Å². The van der Waals surface area contributed by atoms with Crippen LogP contribution in [0.4, 0.5) is 0 Å². The largest absolute Gasteiger partial charge is 0.494 e. The van der Waals surface area contributed by atoms with Crippen molar-refractivity contribution in [1.82, 2.24) is 20.1 Å². The maximum absolute atomic E-state index is 12.6. The summed E-state index contributed by atoms with van der Waals surface area (Å²) in [4.78, 5) is 27.2. The molecule has 174 valence electrons. The molecule has 0 unspecified atom stereocenters. The number of nitrogens with one attached hydrogen (secondary N) is 2. The molecule has 0 bridgehead atoms. The fourth-order valence-electron chi connectivity index (χ4n) is 4.33.